The van der Waals surface area contributed by atoms with Gasteiger partial charge in [-0.15, -0.1) is 0 Å². The minimum atomic E-state index is 0.0103. The molecule has 1 aliphatic rings. The van der Waals surface area contributed by atoms with Gasteiger partial charge in [0.05, 0.1) is 0 Å². The molecule has 0 spiro atoms. The van der Waals surface area contributed by atoms with Gasteiger partial charge in [0.1, 0.15) is 5.69 Å². The highest BCUT2D eigenvalue weighted by molar-refractivity contribution is 9.10. The third-order valence-electron chi connectivity index (χ3n) is 3.71. The van der Waals surface area contributed by atoms with Crippen molar-refractivity contribution in [1.29, 1.82) is 0 Å². The zero-order chi connectivity index (χ0) is 14.7. The van der Waals surface area contributed by atoms with Gasteiger partial charge in [0.2, 0.25) is 0 Å². The van der Waals surface area contributed by atoms with E-state index >= 15 is 0 Å². The molecule has 2 heterocycles. The normalized spacial score (nSPS) is 17.6. The number of hydrogen-bond acceptors (Lipinski definition) is 2. The van der Waals surface area contributed by atoms with Crippen LogP contribution < -0.4 is 5.32 Å². The van der Waals surface area contributed by atoms with E-state index in [0.29, 0.717) is 0 Å². The van der Waals surface area contributed by atoms with Crippen molar-refractivity contribution in [3.05, 3.63) is 22.4 Å². The number of rotatable bonds is 5. The first kappa shape index (κ1) is 15.6. The summed E-state index contributed by atoms with van der Waals surface area (Å²) < 4.78 is 2.95. The van der Waals surface area contributed by atoms with Gasteiger partial charge in [-0.05, 0) is 68.7 Å². The second-order valence-electron chi connectivity index (χ2n) is 5.93. The molecule has 112 valence electrons. The van der Waals surface area contributed by atoms with Gasteiger partial charge in [0.15, 0.2) is 0 Å². The Labute approximate surface area is 129 Å². The first-order valence-electron chi connectivity index (χ1n) is 7.38. The van der Waals surface area contributed by atoms with E-state index in [1.165, 1.54) is 12.8 Å². The monoisotopic (exact) mass is 341 g/mol. The number of nitrogens with one attached hydrogen (secondary N) is 1. The van der Waals surface area contributed by atoms with E-state index in [1.807, 2.05) is 16.8 Å². The Morgan fingerprint density at radius 3 is 2.60 bits per heavy atom. The third-order valence-corrected chi connectivity index (χ3v) is 4.15. The predicted octanol–water partition coefficient (Wildman–Crippen LogP) is 3.05. The maximum absolute atomic E-state index is 12.4. The molecule has 1 aromatic heterocycles. The number of nitrogens with zero attached hydrogens (tertiary/aromatic N) is 2. The lowest BCUT2D eigenvalue weighted by atomic mass is 10.2. The molecule has 1 unspecified atom stereocenters. The Hall–Kier alpha value is -0.810. The van der Waals surface area contributed by atoms with Crippen LogP contribution in [-0.2, 0) is 0 Å². The number of carbonyl (C=O) groups excluding carboxylic acids is 1. The van der Waals surface area contributed by atoms with Crippen LogP contribution in [0.5, 0.6) is 0 Å². The molecular formula is C15H24BrN3O. The second kappa shape index (κ2) is 6.76. The van der Waals surface area contributed by atoms with Crippen LogP contribution >= 0.6 is 15.9 Å². The Balaban J connectivity index is 1.96. The predicted molar refractivity (Wildman–Crippen MR) is 85.1 cm³/mol. The molecule has 1 aliphatic heterocycles. The van der Waals surface area contributed by atoms with Crippen LogP contribution in [-0.4, -0.2) is 41.1 Å². The van der Waals surface area contributed by atoms with Crippen LogP contribution in [0.2, 0.25) is 0 Å². The molecule has 1 atom stereocenters. The fourth-order valence-corrected chi connectivity index (χ4v) is 3.19. The van der Waals surface area contributed by atoms with Gasteiger partial charge in [0.25, 0.3) is 5.91 Å². The van der Waals surface area contributed by atoms with Crippen molar-refractivity contribution in [1.82, 2.24) is 14.8 Å². The van der Waals surface area contributed by atoms with E-state index in [4.69, 9.17) is 0 Å². The third kappa shape index (κ3) is 3.85. The van der Waals surface area contributed by atoms with Gasteiger partial charge in [-0.1, -0.05) is 0 Å². The zero-order valence-corrected chi connectivity index (χ0v) is 14.1. The molecule has 1 amide bonds. The molecule has 0 radical (unpaired) electrons. The lowest BCUT2D eigenvalue weighted by Crippen LogP contribution is -2.41. The molecule has 0 aliphatic carbocycles. The van der Waals surface area contributed by atoms with Gasteiger partial charge in [0, 0.05) is 29.3 Å². The molecule has 20 heavy (non-hydrogen) atoms. The van der Waals surface area contributed by atoms with Gasteiger partial charge in [-0.2, -0.15) is 0 Å². The van der Waals surface area contributed by atoms with Crippen LogP contribution in [0.4, 0.5) is 0 Å². The quantitative estimate of drug-likeness (QED) is 0.893. The van der Waals surface area contributed by atoms with E-state index in [9.17, 15) is 4.79 Å². The standard InChI is InChI=1S/C15H24BrN3O/c1-11(2)19-10-13(16)8-14(19)15(20)17-12(3)9-18-6-4-5-7-18/h8,10-12H,4-7,9H2,1-3H3,(H,17,20). The average molecular weight is 342 g/mol. The number of aromatic nitrogens is 1. The molecule has 1 N–H and O–H groups in total. The largest absolute Gasteiger partial charge is 0.347 e. The second-order valence-corrected chi connectivity index (χ2v) is 6.84. The van der Waals surface area contributed by atoms with E-state index in [0.717, 1.165) is 29.8 Å². The van der Waals surface area contributed by atoms with Crippen LogP contribution in [0.25, 0.3) is 0 Å². The molecular weight excluding hydrogens is 318 g/mol. The SMILES string of the molecule is CC(CN1CCCC1)NC(=O)c1cc(Br)cn1C(C)C. The maximum Gasteiger partial charge on any atom is 0.268 e. The van der Waals surface area contributed by atoms with Crippen molar-refractivity contribution in [2.24, 2.45) is 0 Å². The molecule has 2 rings (SSSR count). The van der Waals surface area contributed by atoms with Crippen LogP contribution in [0.15, 0.2) is 16.7 Å². The smallest absolute Gasteiger partial charge is 0.268 e. The highest BCUT2D eigenvalue weighted by Gasteiger charge is 2.19. The van der Waals surface area contributed by atoms with Crippen molar-refractivity contribution < 1.29 is 4.79 Å². The Morgan fingerprint density at radius 1 is 1.35 bits per heavy atom. The molecule has 1 aromatic rings. The lowest BCUT2D eigenvalue weighted by molar-refractivity contribution is 0.0921. The average Bonchev–Trinajstić information content (AvgIpc) is 2.97. The highest BCUT2D eigenvalue weighted by Crippen LogP contribution is 2.19. The molecule has 0 aromatic carbocycles. The molecule has 5 heteroatoms. The van der Waals surface area contributed by atoms with Gasteiger partial charge in [-0.25, -0.2) is 0 Å². The fraction of sp³-hybridized carbons (Fsp3) is 0.667. The molecule has 1 saturated heterocycles. The van der Waals surface area contributed by atoms with Crippen molar-refractivity contribution in [2.75, 3.05) is 19.6 Å². The van der Waals surface area contributed by atoms with Crippen LogP contribution in [0.3, 0.4) is 0 Å². The summed E-state index contributed by atoms with van der Waals surface area (Å²) in [6.07, 6.45) is 4.53. The van der Waals surface area contributed by atoms with E-state index in [2.05, 4.69) is 46.9 Å². The molecule has 1 fully saturated rings. The number of amides is 1. The lowest BCUT2D eigenvalue weighted by Gasteiger charge is -2.22. The summed E-state index contributed by atoms with van der Waals surface area (Å²) in [5, 5.41) is 3.11. The molecule has 0 saturated carbocycles. The summed E-state index contributed by atoms with van der Waals surface area (Å²) >= 11 is 3.45. The number of likely N-dealkylation sites (tertiary alicyclic amines) is 1. The van der Waals surface area contributed by atoms with Crippen molar-refractivity contribution >= 4 is 21.8 Å². The van der Waals surface area contributed by atoms with Gasteiger partial charge >= 0.3 is 0 Å². The van der Waals surface area contributed by atoms with Crippen molar-refractivity contribution in [3.63, 3.8) is 0 Å². The fourth-order valence-electron chi connectivity index (χ4n) is 2.75. The summed E-state index contributed by atoms with van der Waals surface area (Å²) in [6, 6.07) is 2.34. The van der Waals surface area contributed by atoms with Crippen LogP contribution in [0, 0.1) is 0 Å². The number of halogens is 1. The Bertz CT molecular complexity index is 464. The number of hydrogen-bond donors (Lipinski definition) is 1. The van der Waals surface area contributed by atoms with E-state index in [1.54, 1.807) is 0 Å². The van der Waals surface area contributed by atoms with Gasteiger partial charge < -0.3 is 14.8 Å². The van der Waals surface area contributed by atoms with Crippen LogP contribution in [0.1, 0.15) is 50.1 Å². The summed E-state index contributed by atoms with van der Waals surface area (Å²) in [7, 11) is 0. The van der Waals surface area contributed by atoms with Crippen molar-refractivity contribution in [2.45, 2.75) is 45.7 Å². The zero-order valence-electron chi connectivity index (χ0n) is 12.5. The van der Waals surface area contributed by atoms with Crippen molar-refractivity contribution in [3.8, 4) is 0 Å². The summed E-state index contributed by atoms with van der Waals surface area (Å²) in [5.41, 5.74) is 0.722. The Morgan fingerprint density at radius 2 is 2.00 bits per heavy atom. The van der Waals surface area contributed by atoms with E-state index < -0.39 is 0 Å². The van der Waals surface area contributed by atoms with Gasteiger partial charge in [-0.3, -0.25) is 4.79 Å². The first-order valence-corrected chi connectivity index (χ1v) is 8.17. The summed E-state index contributed by atoms with van der Waals surface area (Å²) in [6.45, 7) is 9.50. The molecule has 4 nitrogen and oxygen atoms in total. The topological polar surface area (TPSA) is 37.3 Å². The Kier molecular flexibility index (Phi) is 5.27. The summed E-state index contributed by atoms with van der Waals surface area (Å²) in [5.74, 6) is 0.0103. The minimum Gasteiger partial charge on any atom is -0.347 e. The first-order chi connectivity index (χ1) is 9.47. The minimum absolute atomic E-state index is 0.0103. The van der Waals surface area contributed by atoms with E-state index in [-0.39, 0.29) is 18.0 Å². The maximum atomic E-state index is 12.4. The molecule has 0 bridgehead atoms. The highest BCUT2D eigenvalue weighted by atomic mass is 79.9. The number of carbonyl (C=O) groups is 1. The summed E-state index contributed by atoms with van der Waals surface area (Å²) in [4.78, 5) is 14.8.